The van der Waals surface area contributed by atoms with Gasteiger partial charge in [-0.1, -0.05) is 12.1 Å². The topological polar surface area (TPSA) is 19.0 Å². The number of aryl methyl sites for hydroxylation is 1. The summed E-state index contributed by atoms with van der Waals surface area (Å²) >= 11 is 0. The summed E-state index contributed by atoms with van der Waals surface area (Å²) in [5, 5.41) is 1.43. The Morgan fingerprint density at radius 1 is 1.26 bits per heavy atom. The zero-order valence-corrected chi connectivity index (χ0v) is 12.3. The number of aromatic amines is 1. The van der Waals surface area contributed by atoms with Gasteiger partial charge in [0.1, 0.15) is 0 Å². The second kappa shape index (κ2) is 5.62. The Labute approximate surface area is 116 Å². The molecule has 2 nitrogen and oxygen atoms in total. The molecule has 0 radical (unpaired) electrons. The van der Waals surface area contributed by atoms with Gasteiger partial charge in [0.05, 0.1) is 0 Å². The lowest BCUT2D eigenvalue weighted by molar-refractivity contribution is 0.201. The minimum Gasteiger partial charge on any atom is -0.357 e. The van der Waals surface area contributed by atoms with Crippen LogP contribution in [0, 0.1) is 6.92 Å². The van der Waals surface area contributed by atoms with E-state index in [2.05, 4.69) is 62.0 Å². The molecule has 0 amide bonds. The van der Waals surface area contributed by atoms with Gasteiger partial charge < -0.3 is 4.98 Å². The molecule has 2 heterocycles. The van der Waals surface area contributed by atoms with Gasteiger partial charge in [-0.2, -0.15) is 0 Å². The van der Waals surface area contributed by atoms with Crippen molar-refractivity contribution in [3.8, 4) is 0 Å². The van der Waals surface area contributed by atoms with E-state index in [1.807, 2.05) is 0 Å². The lowest BCUT2D eigenvalue weighted by atomic mass is 10.0. The van der Waals surface area contributed by atoms with Crippen molar-refractivity contribution in [3.63, 3.8) is 0 Å². The fourth-order valence-corrected chi connectivity index (χ4v) is 2.82. The molecule has 1 aromatic heterocycles. The smallest absolute Gasteiger partial charge is 0.0461 e. The van der Waals surface area contributed by atoms with Crippen LogP contribution in [-0.2, 0) is 13.0 Å². The Morgan fingerprint density at radius 3 is 2.68 bits per heavy atom. The molecule has 0 unspecified atom stereocenters. The predicted octanol–water partition coefficient (Wildman–Crippen LogP) is 4.05. The molecule has 0 aliphatic carbocycles. The Balaban J connectivity index is 0.000000637. The molecule has 0 spiro atoms. The van der Waals surface area contributed by atoms with Crippen molar-refractivity contribution >= 4 is 10.9 Å². The third kappa shape index (κ3) is 2.59. The van der Waals surface area contributed by atoms with Crippen LogP contribution in [0.5, 0.6) is 0 Å². The minimum atomic E-state index is 0.635. The molecule has 1 N–H and O–H groups in total. The van der Waals surface area contributed by atoms with Gasteiger partial charge in [-0.15, -0.1) is 13.2 Å². The van der Waals surface area contributed by atoms with E-state index >= 15 is 0 Å². The molecule has 2 heteroatoms. The van der Waals surface area contributed by atoms with E-state index in [4.69, 9.17) is 0 Å². The molecule has 2 aromatic rings. The zero-order chi connectivity index (χ0) is 14.0. The summed E-state index contributed by atoms with van der Waals surface area (Å²) in [5.74, 6) is 0. The SMILES string of the molecule is C=C.Cc1ccc2c3c([nH]c2c1)CN(C(C)C)CC3. The van der Waals surface area contributed by atoms with Gasteiger partial charge in [-0.05, 0) is 44.4 Å². The van der Waals surface area contributed by atoms with E-state index < -0.39 is 0 Å². The number of nitrogens with one attached hydrogen (secondary N) is 1. The van der Waals surface area contributed by atoms with Crippen LogP contribution in [0.4, 0.5) is 0 Å². The van der Waals surface area contributed by atoms with Gasteiger partial charge in [0.15, 0.2) is 0 Å². The number of aromatic nitrogens is 1. The van der Waals surface area contributed by atoms with Gasteiger partial charge in [-0.3, -0.25) is 4.90 Å². The summed E-state index contributed by atoms with van der Waals surface area (Å²) in [6.45, 7) is 15.0. The second-order valence-corrected chi connectivity index (χ2v) is 5.45. The Morgan fingerprint density at radius 2 is 2.00 bits per heavy atom. The molecule has 0 saturated heterocycles. The number of hydrogen-bond donors (Lipinski definition) is 1. The Kier molecular flexibility index (Phi) is 4.11. The van der Waals surface area contributed by atoms with Gasteiger partial charge in [0.2, 0.25) is 0 Å². The van der Waals surface area contributed by atoms with Crippen molar-refractivity contribution in [1.29, 1.82) is 0 Å². The Hall–Kier alpha value is -1.54. The number of hydrogen-bond acceptors (Lipinski definition) is 1. The van der Waals surface area contributed by atoms with Crippen molar-refractivity contribution < 1.29 is 0 Å². The van der Waals surface area contributed by atoms with E-state index in [0.717, 1.165) is 6.54 Å². The second-order valence-electron chi connectivity index (χ2n) is 5.45. The van der Waals surface area contributed by atoms with Crippen LogP contribution in [0.15, 0.2) is 31.4 Å². The highest BCUT2D eigenvalue weighted by molar-refractivity contribution is 5.85. The van der Waals surface area contributed by atoms with Crippen LogP contribution < -0.4 is 0 Å². The molecule has 0 atom stereocenters. The van der Waals surface area contributed by atoms with E-state index in [1.165, 1.54) is 40.7 Å². The maximum absolute atomic E-state index is 3.60. The first-order valence-corrected chi connectivity index (χ1v) is 6.99. The molecule has 3 rings (SSSR count). The number of benzene rings is 1. The molecule has 19 heavy (non-hydrogen) atoms. The van der Waals surface area contributed by atoms with Gasteiger partial charge in [0.25, 0.3) is 0 Å². The van der Waals surface area contributed by atoms with Crippen LogP contribution >= 0.6 is 0 Å². The van der Waals surface area contributed by atoms with Crippen LogP contribution in [-0.4, -0.2) is 22.5 Å². The molecular formula is C17H24N2. The molecule has 0 fully saturated rings. The summed E-state index contributed by atoms with van der Waals surface area (Å²) in [6.07, 6.45) is 1.18. The number of H-pyrrole nitrogens is 1. The largest absolute Gasteiger partial charge is 0.357 e. The first-order valence-electron chi connectivity index (χ1n) is 6.99. The molecular weight excluding hydrogens is 232 g/mol. The highest BCUT2D eigenvalue weighted by Crippen LogP contribution is 2.28. The first kappa shape index (κ1) is 13.9. The summed E-state index contributed by atoms with van der Waals surface area (Å²) in [4.78, 5) is 6.13. The highest BCUT2D eigenvalue weighted by Gasteiger charge is 2.21. The summed E-state index contributed by atoms with van der Waals surface area (Å²) in [5.41, 5.74) is 5.60. The molecule has 0 saturated carbocycles. The van der Waals surface area contributed by atoms with Crippen molar-refractivity contribution in [3.05, 3.63) is 48.2 Å². The predicted molar refractivity (Wildman–Crippen MR) is 83.5 cm³/mol. The third-order valence-electron chi connectivity index (χ3n) is 3.89. The molecule has 1 aliphatic heterocycles. The normalized spacial score (nSPS) is 15.2. The van der Waals surface area contributed by atoms with Crippen LogP contribution in [0.1, 0.15) is 30.7 Å². The molecule has 0 bridgehead atoms. The minimum absolute atomic E-state index is 0.635. The summed E-state index contributed by atoms with van der Waals surface area (Å²) in [7, 11) is 0. The van der Waals surface area contributed by atoms with E-state index in [-0.39, 0.29) is 0 Å². The van der Waals surface area contributed by atoms with Crippen LogP contribution in [0.25, 0.3) is 10.9 Å². The average Bonchev–Trinajstić information content (AvgIpc) is 2.77. The summed E-state index contributed by atoms with van der Waals surface area (Å²) in [6, 6.07) is 7.38. The lowest BCUT2D eigenvalue weighted by Crippen LogP contribution is -2.35. The van der Waals surface area contributed by atoms with Gasteiger partial charge >= 0.3 is 0 Å². The zero-order valence-electron chi connectivity index (χ0n) is 12.3. The third-order valence-corrected chi connectivity index (χ3v) is 3.89. The van der Waals surface area contributed by atoms with E-state index in [0.29, 0.717) is 6.04 Å². The molecule has 1 aromatic carbocycles. The van der Waals surface area contributed by atoms with Gasteiger partial charge in [0, 0.05) is 35.7 Å². The van der Waals surface area contributed by atoms with Crippen molar-refractivity contribution in [2.45, 2.75) is 39.8 Å². The van der Waals surface area contributed by atoms with Crippen molar-refractivity contribution in [1.82, 2.24) is 9.88 Å². The molecule has 1 aliphatic rings. The van der Waals surface area contributed by atoms with Crippen LogP contribution in [0.2, 0.25) is 0 Å². The maximum Gasteiger partial charge on any atom is 0.0461 e. The first-order chi connectivity index (χ1) is 9.15. The van der Waals surface area contributed by atoms with Crippen molar-refractivity contribution in [2.75, 3.05) is 6.54 Å². The maximum atomic E-state index is 3.60. The quantitative estimate of drug-likeness (QED) is 0.763. The fraction of sp³-hybridized carbons (Fsp3) is 0.412. The lowest BCUT2D eigenvalue weighted by Gasteiger charge is -2.30. The van der Waals surface area contributed by atoms with Gasteiger partial charge in [-0.25, -0.2) is 0 Å². The average molecular weight is 256 g/mol. The fourth-order valence-electron chi connectivity index (χ4n) is 2.82. The van der Waals surface area contributed by atoms with E-state index in [9.17, 15) is 0 Å². The molecule has 102 valence electrons. The standard InChI is InChI=1S/C15H20N2.C2H4/c1-10(2)17-7-6-13-12-5-4-11(3)8-14(12)16-15(13)9-17;1-2/h4-5,8,10,16H,6-7,9H2,1-3H3;1-2H2. The monoisotopic (exact) mass is 256 g/mol. The number of nitrogens with zero attached hydrogens (tertiary/aromatic N) is 1. The van der Waals surface area contributed by atoms with Crippen molar-refractivity contribution in [2.24, 2.45) is 0 Å². The number of rotatable bonds is 1. The highest BCUT2D eigenvalue weighted by atomic mass is 15.2. The summed E-state index contributed by atoms with van der Waals surface area (Å²) < 4.78 is 0. The Bertz CT molecular complexity index is 566. The van der Waals surface area contributed by atoms with E-state index in [1.54, 1.807) is 0 Å². The number of fused-ring (bicyclic) bond motifs is 3. The van der Waals surface area contributed by atoms with Crippen LogP contribution in [0.3, 0.4) is 0 Å².